The fourth-order valence-corrected chi connectivity index (χ4v) is 4.10. The molecular weight excluding hydrogens is 286 g/mol. The zero-order valence-electron chi connectivity index (χ0n) is 13.3. The summed E-state index contributed by atoms with van der Waals surface area (Å²) in [6.45, 7) is 6.60. The molecule has 0 saturated heterocycles. The van der Waals surface area contributed by atoms with Crippen LogP contribution in [0.15, 0.2) is 17.2 Å². The van der Waals surface area contributed by atoms with Gasteiger partial charge in [-0.25, -0.2) is 8.42 Å². The molecule has 0 aliphatic heterocycles. The minimum atomic E-state index is -3.36. The van der Waals surface area contributed by atoms with Gasteiger partial charge >= 0.3 is 0 Å². The normalized spacial score (nSPS) is 16.4. The molecule has 1 N–H and O–H groups in total. The molecule has 21 heavy (non-hydrogen) atoms. The Labute approximate surface area is 128 Å². The second-order valence-corrected chi connectivity index (χ2v) is 7.73. The molecule has 1 heterocycles. The second-order valence-electron chi connectivity index (χ2n) is 5.74. The van der Waals surface area contributed by atoms with E-state index >= 15 is 0 Å². The van der Waals surface area contributed by atoms with Crippen LogP contribution in [0.25, 0.3) is 0 Å². The lowest BCUT2D eigenvalue weighted by molar-refractivity contribution is 0.249. The molecule has 0 unspecified atom stereocenters. The molecular formula is C15H27N3O2S. The Morgan fingerprint density at radius 2 is 2.10 bits per heavy atom. The SMILES string of the molecule is CCCNCc1cc(S(=O)(=O)N(C)C2CCC2)cn1CC. The molecule has 0 radical (unpaired) electrons. The van der Waals surface area contributed by atoms with E-state index in [0.29, 0.717) is 11.4 Å². The van der Waals surface area contributed by atoms with Gasteiger partial charge in [-0.05, 0) is 38.8 Å². The van der Waals surface area contributed by atoms with Crippen molar-refractivity contribution in [2.24, 2.45) is 0 Å². The average Bonchev–Trinajstić information content (AvgIpc) is 2.81. The van der Waals surface area contributed by atoms with Gasteiger partial charge in [0.2, 0.25) is 10.0 Å². The zero-order chi connectivity index (χ0) is 15.5. The second kappa shape index (κ2) is 6.94. The van der Waals surface area contributed by atoms with E-state index in [9.17, 15) is 8.42 Å². The highest BCUT2D eigenvalue weighted by molar-refractivity contribution is 7.89. The van der Waals surface area contributed by atoms with Gasteiger partial charge in [0, 0.05) is 38.1 Å². The van der Waals surface area contributed by atoms with Gasteiger partial charge in [-0.2, -0.15) is 4.31 Å². The third kappa shape index (κ3) is 3.49. The summed E-state index contributed by atoms with van der Waals surface area (Å²) in [5.74, 6) is 0. The minimum absolute atomic E-state index is 0.182. The van der Waals surface area contributed by atoms with Crippen molar-refractivity contribution in [1.82, 2.24) is 14.2 Å². The number of nitrogens with zero attached hydrogens (tertiary/aromatic N) is 2. The highest BCUT2D eigenvalue weighted by Gasteiger charge is 2.32. The van der Waals surface area contributed by atoms with Crippen LogP contribution in [-0.4, -0.2) is 36.9 Å². The molecule has 5 nitrogen and oxygen atoms in total. The molecule has 1 aromatic heterocycles. The van der Waals surface area contributed by atoms with Gasteiger partial charge in [-0.15, -0.1) is 0 Å². The van der Waals surface area contributed by atoms with E-state index in [1.807, 2.05) is 17.6 Å². The Balaban J connectivity index is 2.18. The number of aryl methyl sites for hydroxylation is 1. The lowest BCUT2D eigenvalue weighted by atomic mass is 9.94. The van der Waals surface area contributed by atoms with Crippen LogP contribution in [0.5, 0.6) is 0 Å². The molecule has 6 heteroatoms. The predicted molar refractivity (Wildman–Crippen MR) is 84.7 cm³/mol. The maximum Gasteiger partial charge on any atom is 0.244 e. The molecule has 0 spiro atoms. The molecule has 0 bridgehead atoms. The molecule has 1 aromatic rings. The maximum atomic E-state index is 12.7. The van der Waals surface area contributed by atoms with Crippen molar-refractivity contribution < 1.29 is 8.42 Å². The Hall–Kier alpha value is -0.850. The van der Waals surface area contributed by atoms with Crippen molar-refractivity contribution in [2.75, 3.05) is 13.6 Å². The summed E-state index contributed by atoms with van der Waals surface area (Å²) in [4.78, 5) is 0.423. The molecule has 0 atom stereocenters. The Morgan fingerprint density at radius 3 is 2.62 bits per heavy atom. The van der Waals surface area contributed by atoms with Crippen molar-refractivity contribution in [3.63, 3.8) is 0 Å². The summed E-state index contributed by atoms with van der Waals surface area (Å²) in [7, 11) is -1.65. The summed E-state index contributed by atoms with van der Waals surface area (Å²) in [5, 5.41) is 3.34. The number of aromatic nitrogens is 1. The average molecular weight is 313 g/mol. The van der Waals surface area contributed by atoms with E-state index in [-0.39, 0.29) is 6.04 Å². The van der Waals surface area contributed by atoms with Crippen molar-refractivity contribution in [3.05, 3.63) is 18.0 Å². The van der Waals surface area contributed by atoms with Gasteiger partial charge < -0.3 is 9.88 Å². The third-order valence-corrected chi connectivity index (χ3v) is 6.18. The fraction of sp³-hybridized carbons (Fsp3) is 0.733. The van der Waals surface area contributed by atoms with E-state index in [0.717, 1.165) is 44.5 Å². The van der Waals surface area contributed by atoms with E-state index in [4.69, 9.17) is 0 Å². The first-order valence-electron chi connectivity index (χ1n) is 7.88. The quantitative estimate of drug-likeness (QED) is 0.749. The molecule has 1 fully saturated rings. The monoisotopic (exact) mass is 313 g/mol. The summed E-state index contributed by atoms with van der Waals surface area (Å²) < 4.78 is 28.9. The van der Waals surface area contributed by atoms with Crippen LogP contribution in [-0.2, 0) is 23.1 Å². The van der Waals surface area contributed by atoms with Gasteiger partial charge in [0.1, 0.15) is 4.90 Å². The minimum Gasteiger partial charge on any atom is -0.349 e. The largest absolute Gasteiger partial charge is 0.349 e. The molecule has 0 aromatic carbocycles. The smallest absolute Gasteiger partial charge is 0.244 e. The first-order chi connectivity index (χ1) is 10.0. The fourth-order valence-electron chi connectivity index (χ4n) is 2.61. The summed E-state index contributed by atoms with van der Waals surface area (Å²) >= 11 is 0. The molecule has 120 valence electrons. The Kier molecular flexibility index (Phi) is 5.46. The van der Waals surface area contributed by atoms with Gasteiger partial charge in [-0.3, -0.25) is 0 Å². The lowest BCUT2D eigenvalue weighted by Gasteiger charge is -2.33. The predicted octanol–water partition coefficient (Wildman–Crippen LogP) is 2.18. The molecule has 1 aliphatic rings. The standard InChI is InChI=1S/C15H27N3O2S/c1-4-9-16-11-14-10-15(12-18(14)5-2)21(19,20)17(3)13-7-6-8-13/h10,12-13,16H,4-9,11H2,1-3H3. The van der Waals surface area contributed by atoms with Crippen molar-refractivity contribution in [2.45, 2.75) is 63.6 Å². The first kappa shape index (κ1) is 16.5. The summed E-state index contributed by atoms with van der Waals surface area (Å²) in [6, 6.07) is 2.00. The highest BCUT2D eigenvalue weighted by atomic mass is 32.2. The zero-order valence-corrected chi connectivity index (χ0v) is 14.1. The Bertz CT molecular complexity index is 561. The summed E-state index contributed by atoms with van der Waals surface area (Å²) in [5.41, 5.74) is 1.03. The molecule has 1 saturated carbocycles. The number of rotatable bonds is 8. The lowest BCUT2D eigenvalue weighted by Crippen LogP contribution is -2.41. The number of hydrogen-bond donors (Lipinski definition) is 1. The van der Waals surface area contributed by atoms with Crippen LogP contribution < -0.4 is 5.32 Å². The van der Waals surface area contributed by atoms with E-state index < -0.39 is 10.0 Å². The van der Waals surface area contributed by atoms with Crippen LogP contribution >= 0.6 is 0 Å². The number of sulfonamides is 1. The van der Waals surface area contributed by atoms with Crippen LogP contribution in [0.1, 0.15) is 45.2 Å². The molecule has 0 amide bonds. The van der Waals surface area contributed by atoms with E-state index in [1.54, 1.807) is 17.5 Å². The third-order valence-electron chi connectivity index (χ3n) is 4.30. The van der Waals surface area contributed by atoms with Crippen LogP contribution in [0.3, 0.4) is 0 Å². The van der Waals surface area contributed by atoms with Crippen molar-refractivity contribution in [1.29, 1.82) is 0 Å². The maximum absolute atomic E-state index is 12.7. The van der Waals surface area contributed by atoms with Crippen LogP contribution in [0, 0.1) is 0 Å². The number of hydrogen-bond acceptors (Lipinski definition) is 3. The van der Waals surface area contributed by atoms with Crippen LogP contribution in [0.2, 0.25) is 0 Å². The van der Waals surface area contributed by atoms with E-state index in [1.165, 1.54) is 0 Å². The molecule has 1 aliphatic carbocycles. The number of nitrogens with one attached hydrogen (secondary N) is 1. The van der Waals surface area contributed by atoms with Crippen molar-refractivity contribution in [3.8, 4) is 0 Å². The summed E-state index contributed by atoms with van der Waals surface area (Å²) in [6.07, 6.45) is 5.94. The van der Waals surface area contributed by atoms with Crippen LogP contribution in [0.4, 0.5) is 0 Å². The Morgan fingerprint density at radius 1 is 1.38 bits per heavy atom. The van der Waals surface area contributed by atoms with Gasteiger partial charge in [-0.1, -0.05) is 13.3 Å². The first-order valence-corrected chi connectivity index (χ1v) is 9.32. The van der Waals surface area contributed by atoms with Crippen molar-refractivity contribution >= 4 is 10.0 Å². The van der Waals surface area contributed by atoms with Gasteiger partial charge in [0.25, 0.3) is 0 Å². The topological polar surface area (TPSA) is 54.3 Å². The van der Waals surface area contributed by atoms with Gasteiger partial charge in [0.05, 0.1) is 0 Å². The van der Waals surface area contributed by atoms with E-state index in [2.05, 4.69) is 12.2 Å². The van der Waals surface area contributed by atoms with Gasteiger partial charge in [0.15, 0.2) is 0 Å². The highest BCUT2D eigenvalue weighted by Crippen LogP contribution is 2.29. The molecule has 2 rings (SSSR count).